The first-order chi connectivity index (χ1) is 10.7. The van der Waals surface area contributed by atoms with Crippen molar-refractivity contribution in [3.8, 4) is 5.75 Å². The predicted molar refractivity (Wildman–Crippen MR) is 81.5 cm³/mol. The molecule has 1 amide bonds. The number of aryl methyl sites for hydroxylation is 1. The van der Waals surface area contributed by atoms with Gasteiger partial charge in [-0.3, -0.25) is 4.79 Å². The zero-order valence-corrected chi connectivity index (χ0v) is 13.0. The van der Waals surface area contributed by atoms with Gasteiger partial charge in [-0.05, 0) is 31.5 Å². The van der Waals surface area contributed by atoms with E-state index >= 15 is 0 Å². The highest BCUT2D eigenvalue weighted by molar-refractivity contribution is 5.78. The molecule has 6 nitrogen and oxygen atoms in total. The van der Waals surface area contributed by atoms with Crippen molar-refractivity contribution >= 4 is 5.91 Å². The van der Waals surface area contributed by atoms with Gasteiger partial charge in [0.05, 0.1) is 19.6 Å². The molecule has 1 aliphatic heterocycles. The van der Waals surface area contributed by atoms with Crippen LogP contribution in [-0.4, -0.2) is 38.7 Å². The zero-order chi connectivity index (χ0) is 15.5. The molecule has 0 spiro atoms. The minimum absolute atomic E-state index is 0.121. The van der Waals surface area contributed by atoms with E-state index in [0.29, 0.717) is 26.1 Å². The SMILES string of the molecule is CCOc1ccc(CC(=O)N2CCn3c(C)nnc3C2)cc1. The molecule has 0 bridgehead atoms. The monoisotopic (exact) mass is 300 g/mol. The van der Waals surface area contributed by atoms with Crippen molar-refractivity contribution < 1.29 is 9.53 Å². The predicted octanol–water partition coefficient (Wildman–Crippen LogP) is 1.57. The number of hydrogen-bond donors (Lipinski definition) is 0. The fourth-order valence-corrected chi connectivity index (χ4v) is 2.67. The van der Waals surface area contributed by atoms with E-state index < -0.39 is 0 Å². The van der Waals surface area contributed by atoms with Gasteiger partial charge in [0, 0.05) is 13.1 Å². The van der Waals surface area contributed by atoms with Gasteiger partial charge in [0.2, 0.25) is 5.91 Å². The van der Waals surface area contributed by atoms with Crippen molar-refractivity contribution in [3.63, 3.8) is 0 Å². The summed E-state index contributed by atoms with van der Waals surface area (Å²) in [5, 5.41) is 8.19. The Kier molecular flexibility index (Phi) is 4.09. The minimum Gasteiger partial charge on any atom is -0.494 e. The van der Waals surface area contributed by atoms with Crippen LogP contribution in [0.4, 0.5) is 0 Å². The highest BCUT2D eigenvalue weighted by Crippen LogP contribution is 2.16. The smallest absolute Gasteiger partial charge is 0.227 e. The van der Waals surface area contributed by atoms with E-state index in [9.17, 15) is 4.79 Å². The molecule has 22 heavy (non-hydrogen) atoms. The molecule has 0 saturated heterocycles. The van der Waals surface area contributed by atoms with E-state index in [2.05, 4.69) is 14.8 Å². The molecule has 0 saturated carbocycles. The lowest BCUT2D eigenvalue weighted by atomic mass is 10.1. The van der Waals surface area contributed by atoms with Crippen molar-refractivity contribution in [2.75, 3.05) is 13.2 Å². The van der Waals surface area contributed by atoms with Crippen LogP contribution >= 0.6 is 0 Å². The van der Waals surface area contributed by atoms with E-state index in [0.717, 1.165) is 29.5 Å². The second kappa shape index (κ2) is 6.17. The fourth-order valence-electron chi connectivity index (χ4n) is 2.67. The Labute approximate surface area is 129 Å². The van der Waals surface area contributed by atoms with Gasteiger partial charge in [-0.1, -0.05) is 12.1 Å². The molecule has 0 N–H and O–H groups in total. The Morgan fingerprint density at radius 1 is 1.23 bits per heavy atom. The van der Waals surface area contributed by atoms with Gasteiger partial charge < -0.3 is 14.2 Å². The van der Waals surface area contributed by atoms with Crippen LogP contribution in [0.15, 0.2) is 24.3 Å². The van der Waals surface area contributed by atoms with Gasteiger partial charge in [0.25, 0.3) is 0 Å². The number of amides is 1. The molecule has 0 unspecified atom stereocenters. The maximum atomic E-state index is 12.4. The summed E-state index contributed by atoms with van der Waals surface area (Å²) in [7, 11) is 0. The number of benzene rings is 1. The van der Waals surface area contributed by atoms with Crippen LogP contribution in [0, 0.1) is 6.92 Å². The van der Waals surface area contributed by atoms with Crippen molar-refractivity contribution in [3.05, 3.63) is 41.5 Å². The number of carbonyl (C=O) groups excluding carboxylic acids is 1. The zero-order valence-electron chi connectivity index (χ0n) is 13.0. The molecule has 0 aliphatic carbocycles. The summed E-state index contributed by atoms with van der Waals surface area (Å²) in [6.45, 7) is 6.55. The van der Waals surface area contributed by atoms with Crippen LogP contribution in [-0.2, 0) is 24.3 Å². The van der Waals surface area contributed by atoms with Crippen molar-refractivity contribution in [2.45, 2.75) is 33.4 Å². The third kappa shape index (κ3) is 2.95. The number of ether oxygens (including phenoxy) is 1. The summed E-state index contributed by atoms with van der Waals surface area (Å²) in [4.78, 5) is 14.3. The van der Waals surface area contributed by atoms with Crippen LogP contribution in [0.5, 0.6) is 5.75 Å². The van der Waals surface area contributed by atoms with Crippen molar-refractivity contribution in [1.82, 2.24) is 19.7 Å². The van der Waals surface area contributed by atoms with Crippen LogP contribution < -0.4 is 4.74 Å². The number of hydrogen-bond acceptors (Lipinski definition) is 4. The second-order valence-electron chi connectivity index (χ2n) is 5.38. The molecule has 1 aromatic heterocycles. The average Bonchev–Trinajstić information content (AvgIpc) is 2.90. The molecular formula is C16H20N4O2. The third-order valence-electron chi connectivity index (χ3n) is 3.88. The molecule has 1 aliphatic rings. The molecule has 2 aromatic rings. The van der Waals surface area contributed by atoms with Gasteiger partial charge in [-0.15, -0.1) is 10.2 Å². The first-order valence-corrected chi connectivity index (χ1v) is 7.55. The fraction of sp³-hybridized carbons (Fsp3) is 0.438. The Morgan fingerprint density at radius 3 is 2.73 bits per heavy atom. The Bertz CT molecular complexity index is 663. The van der Waals surface area contributed by atoms with Crippen LogP contribution in [0.2, 0.25) is 0 Å². The molecular weight excluding hydrogens is 280 g/mol. The van der Waals surface area contributed by atoms with E-state index in [4.69, 9.17) is 4.74 Å². The number of nitrogens with zero attached hydrogens (tertiary/aromatic N) is 4. The molecule has 3 rings (SSSR count). The summed E-state index contributed by atoms with van der Waals surface area (Å²) in [6.07, 6.45) is 0.402. The van der Waals surface area contributed by atoms with Gasteiger partial charge in [-0.25, -0.2) is 0 Å². The standard InChI is InChI=1S/C16H20N4O2/c1-3-22-14-6-4-13(5-7-14)10-16(21)19-8-9-20-12(2)17-18-15(20)11-19/h4-7H,3,8-11H2,1-2H3. The maximum Gasteiger partial charge on any atom is 0.227 e. The van der Waals surface area contributed by atoms with Gasteiger partial charge >= 0.3 is 0 Å². The number of fused-ring (bicyclic) bond motifs is 1. The third-order valence-corrected chi connectivity index (χ3v) is 3.88. The lowest BCUT2D eigenvalue weighted by Crippen LogP contribution is -2.39. The molecule has 0 radical (unpaired) electrons. The minimum atomic E-state index is 0.121. The molecule has 6 heteroatoms. The summed E-state index contributed by atoms with van der Waals surface area (Å²) in [5.41, 5.74) is 0.997. The maximum absolute atomic E-state index is 12.4. The van der Waals surface area contributed by atoms with Crippen molar-refractivity contribution in [2.24, 2.45) is 0 Å². The first-order valence-electron chi connectivity index (χ1n) is 7.55. The quantitative estimate of drug-likeness (QED) is 0.860. The molecule has 2 heterocycles. The molecule has 116 valence electrons. The first kappa shape index (κ1) is 14.6. The number of rotatable bonds is 4. The second-order valence-corrected chi connectivity index (χ2v) is 5.38. The number of aromatic nitrogens is 3. The summed E-state index contributed by atoms with van der Waals surface area (Å²) in [5.74, 6) is 2.73. The van der Waals surface area contributed by atoms with E-state index in [-0.39, 0.29) is 5.91 Å². The molecule has 0 atom stereocenters. The van der Waals surface area contributed by atoms with Gasteiger partial charge in [0.15, 0.2) is 5.82 Å². The topological polar surface area (TPSA) is 60.2 Å². The van der Waals surface area contributed by atoms with Crippen molar-refractivity contribution in [1.29, 1.82) is 0 Å². The van der Waals surface area contributed by atoms with Crippen LogP contribution in [0.25, 0.3) is 0 Å². The number of carbonyl (C=O) groups is 1. The Morgan fingerprint density at radius 2 is 2.00 bits per heavy atom. The lowest BCUT2D eigenvalue weighted by Gasteiger charge is -2.27. The van der Waals surface area contributed by atoms with Gasteiger partial charge in [0.1, 0.15) is 11.6 Å². The van der Waals surface area contributed by atoms with Crippen LogP contribution in [0.1, 0.15) is 24.1 Å². The highest BCUT2D eigenvalue weighted by Gasteiger charge is 2.23. The van der Waals surface area contributed by atoms with E-state index in [1.165, 1.54) is 0 Å². The van der Waals surface area contributed by atoms with Gasteiger partial charge in [-0.2, -0.15) is 0 Å². The van der Waals surface area contributed by atoms with Crippen LogP contribution in [0.3, 0.4) is 0 Å². The largest absolute Gasteiger partial charge is 0.494 e. The lowest BCUT2D eigenvalue weighted by molar-refractivity contribution is -0.132. The normalized spacial score (nSPS) is 13.8. The highest BCUT2D eigenvalue weighted by atomic mass is 16.5. The summed E-state index contributed by atoms with van der Waals surface area (Å²) in [6, 6.07) is 7.70. The molecule has 0 fully saturated rings. The Hall–Kier alpha value is -2.37. The Balaban J connectivity index is 1.63. The molecule has 1 aromatic carbocycles. The van der Waals surface area contributed by atoms with E-state index in [1.54, 1.807) is 0 Å². The average molecular weight is 300 g/mol. The van der Waals surface area contributed by atoms with E-state index in [1.807, 2.05) is 43.0 Å². The summed E-state index contributed by atoms with van der Waals surface area (Å²) < 4.78 is 7.48. The summed E-state index contributed by atoms with van der Waals surface area (Å²) >= 11 is 0.